The van der Waals surface area contributed by atoms with Gasteiger partial charge in [-0.25, -0.2) is 4.98 Å². The number of nitrogens with one attached hydrogen (secondary N) is 1. The van der Waals surface area contributed by atoms with Crippen molar-refractivity contribution in [3.05, 3.63) is 36.2 Å². The number of carbonyl (C=O) groups excluding carboxylic acids is 2. The zero-order chi connectivity index (χ0) is 16.4. The molecule has 1 aromatic carbocycles. The smallest absolute Gasteiger partial charge is 0.229 e. The highest BCUT2D eigenvalue weighted by Gasteiger charge is 2.33. The molecule has 0 spiro atoms. The van der Waals surface area contributed by atoms with Gasteiger partial charge >= 0.3 is 0 Å². The number of amides is 2. The first-order chi connectivity index (χ1) is 11.1. The van der Waals surface area contributed by atoms with Crippen molar-refractivity contribution in [2.75, 3.05) is 18.4 Å². The first kappa shape index (κ1) is 15.3. The maximum atomic E-state index is 12.3. The largest absolute Gasteiger partial charge is 0.441 e. The Kier molecular flexibility index (Phi) is 4.14. The summed E-state index contributed by atoms with van der Waals surface area (Å²) >= 11 is 0. The highest BCUT2D eigenvalue weighted by molar-refractivity contribution is 5.97. The molecule has 0 bridgehead atoms. The second kappa shape index (κ2) is 6.24. The van der Waals surface area contributed by atoms with Crippen molar-refractivity contribution >= 4 is 17.5 Å². The van der Waals surface area contributed by atoms with Crippen molar-refractivity contribution in [3.8, 4) is 11.5 Å². The number of oxazole rings is 1. The average molecular weight is 313 g/mol. The molecule has 0 aliphatic carbocycles. The van der Waals surface area contributed by atoms with Gasteiger partial charge in [-0.15, -0.1) is 0 Å². The number of hydrogen-bond acceptors (Lipinski definition) is 4. The quantitative estimate of drug-likeness (QED) is 0.941. The summed E-state index contributed by atoms with van der Waals surface area (Å²) in [5, 5.41) is 2.88. The van der Waals surface area contributed by atoms with Crippen LogP contribution in [0.4, 0.5) is 5.69 Å². The van der Waals surface area contributed by atoms with Gasteiger partial charge in [0.15, 0.2) is 0 Å². The topological polar surface area (TPSA) is 75.4 Å². The molecular formula is C17H19N3O3. The molecule has 2 aromatic rings. The van der Waals surface area contributed by atoms with E-state index in [9.17, 15) is 9.59 Å². The number of carbonyl (C=O) groups is 2. The zero-order valence-electron chi connectivity index (χ0n) is 13.2. The molecule has 0 unspecified atom stereocenters. The van der Waals surface area contributed by atoms with Gasteiger partial charge in [0.25, 0.3) is 0 Å². The second-order valence-electron chi connectivity index (χ2n) is 5.68. The van der Waals surface area contributed by atoms with E-state index in [-0.39, 0.29) is 24.2 Å². The van der Waals surface area contributed by atoms with Gasteiger partial charge in [-0.2, -0.15) is 0 Å². The fourth-order valence-electron chi connectivity index (χ4n) is 2.72. The minimum atomic E-state index is -0.296. The van der Waals surface area contributed by atoms with Crippen molar-refractivity contribution in [1.29, 1.82) is 0 Å². The van der Waals surface area contributed by atoms with Crippen LogP contribution in [-0.4, -0.2) is 34.8 Å². The summed E-state index contributed by atoms with van der Waals surface area (Å²) < 4.78 is 5.50. The van der Waals surface area contributed by atoms with Crippen LogP contribution in [0, 0.1) is 12.8 Å². The molecule has 23 heavy (non-hydrogen) atoms. The van der Waals surface area contributed by atoms with Crippen molar-refractivity contribution in [2.24, 2.45) is 5.92 Å². The van der Waals surface area contributed by atoms with Crippen molar-refractivity contribution in [2.45, 2.75) is 20.3 Å². The van der Waals surface area contributed by atoms with Crippen LogP contribution in [0.15, 0.2) is 34.9 Å². The van der Waals surface area contributed by atoms with Crippen LogP contribution in [0.5, 0.6) is 0 Å². The van der Waals surface area contributed by atoms with Crippen LogP contribution in [0.1, 0.15) is 19.1 Å². The highest BCUT2D eigenvalue weighted by atomic mass is 16.4. The number of aryl methyl sites for hydroxylation is 1. The maximum absolute atomic E-state index is 12.3. The lowest BCUT2D eigenvalue weighted by Gasteiger charge is -2.13. The molecule has 1 aromatic heterocycles. The van der Waals surface area contributed by atoms with Crippen LogP contribution >= 0.6 is 0 Å². The van der Waals surface area contributed by atoms with E-state index in [0.717, 1.165) is 11.3 Å². The van der Waals surface area contributed by atoms with E-state index in [0.29, 0.717) is 24.7 Å². The van der Waals surface area contributed by atoms with Gasteiger partial charge in [0.2, 0.25) is 17.7 Å². The molecule has 6 nitrogen and oxygen atoms in total. The Morgan fingerprint density at radius 2 is 2.30 bits per heavy atom. The number of benzene rings is 1. The van der Waals surface area contributed by atoms with Crippen molar-refractivity contribution in [1.82, 2.24) is 9.88 Å². The van der Waals surface area contributed by atoms with Crippen LogP contribution in [0.25, 0.3) is 11.5 Å². The fourth-order valence-corrected chi connectivity index (χ4v) is 2.72. The lowest BCUT2D eigenvalue weighted by molar-refractivity contribution is -0.128. The first-order valence-electron chi connectivity index (χ1n) is 7.68. The SMILES string of the molecule is CCN1C[C@@H](C(=O)Nc2cccc(-c3ncc(C)o3)c2)CC1=O. The summed E-state index contributed by atoms with van der Waals surface area (Å²) in [6.45, 7) is 4.88. The van der Waals surface area contributed by atoms with Gasteiger partial charge in [-0.05, 0) is 32.0 Å². The summed E-state index contributed by atoms with van der Waals surface area (Å²) in [7, 11) is 0. The third-order valence-electron chi connectivity index (χ3n) is 3.97. The molecule has 0 radical (unpaired) electrons. The zero-order valence-corrected chi connectivity index (χ0v) is 13.2. The summed E-state index contributed by atoms with van der Waals surface area (Å²) in [6.07, 6.45) is 1.93. The summed E-state index contributed by atoms with van der Waals surface area (Å²) in [5.74, 6) is 0.868. The minimum Gasteiger partial charge on any atom is -0.441 e. The summed E-state index contributed by atoms with van der Waals surface area (Å²) in [6, 6.07) is 7.34. The highest BCUT2D eigenvalue weighted by Crippen LogP contribution is 2.24. The van der Waals surface area contributed by atoms with Gasteiger partial charge in [0.1, 0.15) is 5.76 Å². The molecule has 1 aliphatic heterocycles. The van der Waals surface area contributed by atoms with E-state index < -0.39 is 0 Å². The van der Waals surface area contributed by atoms with Crippen molar-refractivity contribution < 1.29 is 14.0 Å². The Morgan fingerprint density at radius 1 is 1.48 bits per heavy atom. The van der Waals surface area contributed by atoms with Crippen LogP contribution in [0.3, 0.4) is 0 Å². The number of nitrogens with zero attached hydrogens (tertiary/aromatic N) is 2. The molecule has 6 heteroatoms. The average Bonchev–Trinajstić information content (AvgIpc) is 3.13. The first-order valence-corrected chi connectivity index (χ1v) is 7.68. The van der Waals surface area contributed by atoms with Crippen molar-refractivity contribution in [3.63, 3.8) is 0 Å². The fraction of sp³-hybridized carbons (Fsp3) is 0.353. The number of likely N-dealkylation sites (tertiary alicyclic amines) is 1. The normalized spacial score (nSPS) is 17.6. The van der Waals surface area contributed by atoms with Gasteiger partial charge in [0, 0.05) is 30.8 Å². The summed E-state index contributed by atoms with van der Waals surface area (Å²) in [5.41, 5.74) is 1.47. The minimum absolute atomic E-state index is 0.0386. The second-order valence-corrected chi connectivity index (χ2v) is 5.68. The summed E-state index contributed by atoms with van der Waals surface area (Å²) in [4.78, 5) is 30.0. The molecule has 120 valence electrons. The Labute approximate surface area is 134 Å². The van der Waals surface area contributed by atoms with E-state index in [2.05, 4.69) is 10.3 Å². The Morgan fingerprint density at radius 3 is 2.96 bits per heavy atom. The Bertz CT molecular complexity index is 738. The maximum Gasteiger partial charge on any atom is 0.229 e. The molecule has 2 amide bonds. The Balaban J connectivity index is 1.71. The van der Waals surface area contributed by atoms with Crippen LogP contribution in [-0.2, 0) is 9.59 Å². The van der Waals surface area contributed by atoms with E-state index in [1.165, 1.54) is 0 Å². The number of rotatable bonds is 4. The van der Waals surface area contributed by atoms with Gasteiger partial charge < -0.3 is 14.6 Å². The van der Waals surface area contributed by atoms with Gasteiger partial charge in [0.05, 0.1) is 12.1 Å². The van der Waals surface area contributed by atoms with Gasteiger partial charge in [-0.1, -0.05) is 6.07 Å². The standard InChI is InChI=1S/C17H19N3O3/c1-3-20-10-13(8-15(20)21)16(22)19-14-6-4-5-12(7-14)17-18-9-11(2)23-17/h4-7,9,13H,3,8,10H2,1-2H3,(H,19,22)/t13-/m0/s1. The molecule has 2 heterocycles. The lowest BCUT2D eigenvalue weighted by Crippen LogP contribution is -2.28. The molecule has 0 saturated carbocycles. The molecule has 1 N–H and O–H groups in total. The van der Waals surface area contributed by atoms with E-state index in [1.807, 2.05) is 38.1 Å². The van der Waals surface area contributed by atoms with Gasteiger partial charge in [-0.3, -0.25) is 9.59 Å². The van der Waals surface area contributed by atoms with Crippen LogP contribution < -0.4 is 5.32 Å². The van der Waals surface area contributed by atoms with Crippen LogP contribution in [0.2, 0.25) is 0 Å². The number of anilines is 1. The predicted octanol–water partition coefficient (Wildman–Crippen LogP) is 2.46. The third kappa shape index (κ3) is 3.26. The molecule has 1 saturated heterocycles. The molecule has 1 aliphatic rings. The monoisotopic (exact) mass is 313 g/mol. The molecular weight excluding hydrogens is 294 g/mol. The Hall–Kier alpha value is -2.63. The van der Waals surface area contributed by atoms with E-state index >= 15 is 0 Å². The number of hydrogen-bond donors (Lipinski definition) is 1. The molecule has 1 atom stereocenters. The third-order valence-corrected chi connectivity index (χ3v) is 3.97. The van der Waals surface area contributed by atoms with E-state index in [4.69, 9.17) is 4.42 Å². The number of aromatic nitrogens is 1. The predicted molar refractivity (Wildman–Crippen MR) is 85.7 cm³/mol. The molecule has 1 fully saturated rings. The van der Waals surface area contributed by atoms with E-state index in [1.54, 1.807) is 11.1 Å². The molecule has 3 rings (SSSR count). The lowest BCUT2D eigenvalue weighted by atomic mass is 10.1.